The Balaban J connectivity index is 3.23. The normalized spacial score (nSPS) is 12.0. The van der Waals surface area contributed by atoms with Crippen LogP contribution in [0.1, 0.15) is 11.1 Å². The summed E-state index contributed by atoms with van der Waals surface area (Å²) in [6.45, 7) is 0. The van der Waals surface area contributed by atoms with E-state index in [4.69, 9.17) is 5.11 Å². The van der Waals surface area contributed by atoms with Crippen LogP contribution in [0.25, 0.3) is 6.08 Å². The monoisotopic (exact) mass is 234 g/mol. The minimum absolute atomic E-state index is 0.321. The molecule has 0 aliphatic rings. The second kappa shape index (κ2) is 4.34. The molecule has 1 aromatic carbocycles. The highest BCUT2D eigenvalue weighted by molar-refractivity contribution is 5.85. The standard InChI is InChI=1S/C10H6F4O2/c11-7-3-1-6(2-4-9(15)16)8(5-7)10(12,13)14/h1-5H,(H,15,16)/b4-2-. The van der Waals surface area contributed by atoms with E-state index in [0.717, 1.165) is 18.2 Å². The number of alkyl halides is 3. The highest BCUT2D eigenvalue weighted by Crippen LogP contribution is 2.33. The molecule has 0 aliphatic carbocycles. The number of benzene rings is 1. The molecule has 2 nitrogen and oxygen atoms in total. The number of carbonyl (C=O) groups is 1. The van der Waals surface area contributed by atoms with Crippen LogP contribution in [0.4, 0.5) is 17.6 Å². The maximum atomic E-state index is 12.6. The van der Waals surface area contributed by atoms with E-state index < -0.39 is 29.1 Å². The van der Waals surface area contributed by atoms with Crippen molar-refractivity contribution in [2.75, 3.05) is 0 Å². The minimum Gasteiger partial charge on any atom is -0.478 e. The predicted molar refractivity (Wildman–Crippen MR) is 48.1 cm³/mol. The van der Waals surface area contributed by atoms with Gasteiger partial charge in [0.25, 0.3) is 0 Å². The van der Waals surface area contributed by atoms with Crippen molar-refractivity contribution >= 4 is 12.0 Å². The third kappa shape index (κ3) is 3.08. The largest absolute Gasteiger partial charge is 0.478 e. The van der Waals surface area contributed by atoms with Crippen molar-refractivity contribution in [3.63, 3.8) is 0 Å². The van der Waals surface area contributed by atoms with Gasteiger partial charge in [-0.25, -0.2) is 9.18 Å². The molecule has 0 heterocycles. The molecule has 0 saturated carbocycles. The van der Waals surface area contributed by atoms with Crippen LogP contribution in [0.2, 0.25) is 0 Å². The van der Waals surface area contributed by atoms with Gasteiger partial charge in [0.05, 0.1) is 5.56 Å². The first kappa shape index (κ1) is 12.2. The van der Waals surface area contributed by atoms with Crippen LogP contribution in [0.15, 0.2) is 24.3 Å². The molecule has 16 heavy (non-hydrogen) atoms. The molecule has 0 amide bonds. The van der Waals surface area contributed by atoms with Crippen LogP contribution < -0.4 is 0 Å². The van der Waals surface area contributed by atoms with Gasteiger partial charge in [-0.3, -0.25) is 0 Å². The van der Waals surface area contributed by atoms with Crippen LogP contribution in [0, 0.1) is 5.82 Å². The average Bonchev–Trinajstić information content (AvgIpc) is 2.14. The molecule has 0 saturated heterocycles. The Morgan fingerprint density at radius 3 is 2.44 bits per heavy atom. The summed E-state index contributed by atoms with van der Waals surface area (Å²) >= 11 is 0. The average molecular weight is 234 g/mol. The smallest absolute Gasteiger partial charge is 0.417 e. The van der Waals surface area contributed by atoms with E-state index in [1.54, 1.807) is 0 Å². The molecule has 0 bridgehead atoms. The van der Waals surface area contributed by atoms with Gasteiger partial charge < -0.3 is 5.11 Å². The quantitative estimate of drug-likeness (QED) is 0.631. The lowest BCUT2D eigenvalue weighted by Gasteiger charge is -2.09. The van der Waals surface area contributed by atoms with Gasteiger partial charge >= 0.3 is 12.1 Å². The second-order valence-electron chi connectivity index (χ2n) is 2.90. The van der Waals surface area contributed by atoms with E-state index >= 15 is 0 Å². The molecule has 1 aromatic rings. The van der Waals surface area contributed by atoms with Gasteiger partial charge in [0.2, 0.25) is 0 Å². The summed E-state index contributed by atoms with van der Waals surface area (Å²) in [4.78, 5) is 10.2. The Hall–Kier alpha value is -1.85. The summed E-state index contributed by atoms with van der Waals surface area (Å²) < 4.78 is 49.9. The number of carboxylic acid groups (broad SMARTS) is 1. The van der Waals surface area contributed by atoms with Gasteiger partial charge in [0.15, 0.2) is 0 Å². The molecule has 86 valence electrons. The number of hydrogen-bond donors (Lipinski definition) is 1. The SMILES string of the molecule is O=C(O)/C=C\c1ccc(F)cc1C(F)(F)F. The minimum atomic E-state index is -4.72. The topological polar surface area (TPSA) is 37.3 Å². The van der Waals surface area contributed by atoms with Gasteiger partial charge in [-0.15, -0.1) is 0 Å². The molecule has 0 spiro atoms. The summed E-state index contributed by atoms with van der Waals surface area (Å²) in [7, 11) is 0. The molecule has 1 rings (SSSR count). The number of aliphatic carboxylic acids is 1. The number of hydrogen-bond acceptors (Lipinski definition) is 1. The van der Waals surface area contributed by atoms with Crippen molar-refractivity contribution in [2.24, 2.45) is 0 Å². The summed E-state index contributed by atoms with van der Waals surface area (Å²) in [6, 6.07) is 2.02. The maximum absolute atomic E-state index is 12.6. The van der Waals surface area contributed by atoms with Crippen LogP contribution >= 0.6 is 0 Å². The molecule has 0 fully saturated rings. The highest BCUT2D eigenvalue weighted by atomic mass is 19.4. The summed E-state index contributed by atoms with van der Waals surface area (Å²) in [5.41, 5.74) is -1.60. The molecule has 0 radical (unpaired) electrons. The third-order valence-corrected chi connectivity index (χ3v) is 1.73. The fourth-order valence-corrected chi connectivity index (χ4v) is 1.08. The number of halogens is 4. The number of rotatable bonds is 2. The zero-order valence-electron chi connectivity index (χ0n) is 7.75. The predicted octanol–water partition coefficient (Wildman–Crippen LogP) is 2.94. The van der Waals surface area contributed by atoms with Crippen molar-refractivity contribution in [2.45, 2.75) is 6.18 Å². The van der Waals surface area contributed by atoms with Crippen molar-refractivity contribution in [3.8, 4) is 0 Å². The maximum Gasteiger partial charge on any atom is 0.417 e. The lowest BCUT2D eigenvalue weighted by molar-refractivity contribution is -0.138. The summed E-state index contributed by atoms with van der Waals surface area (Å²) in [5, 5.41) is 8.28. The van der Waals surface area contributed by atoms with Crippen molar-refractivity contribution in [1.29, 1.82) is 0 Å². The van der Waals surface area contributed by atoms with E-state index in [0.29, 0.717) is 12.1 Å². The third-order valence-electron chi connectivity index (χ3n) is 1.73. The van der Waals surface area contributed by atoms with Crippen LogP contribution in [-0.4, -0.2) is 11.1 Å². The molecule has 0 unspecified atom stereocenters. The highest BCUT2D eigenvalue weighted by Gasteiger charge is 2.33. The molecule has 0 aromatic heterocycles. The lowest BCUT2D eigenvalue weighted by Crippen LogP contribution is -2.08. The van der Waals surface area contributed by atoms with Gasteiger partial charge in [0, 0.05) is 6.08 Å². The first-order chi connectivity index (χ1) is 7.30. The van der Waals surface area contributed by atoms with Gasteiger partial charge in [-0.1, -0.05) is 6.07 Å². The fraction of sp³-hybridized carbons (Fsp3) is 0.100. The van der Waals surface area contributed by atoms with E-state index in [2.05, 4.69) is 0 Å². The van der Waals surface area contributed by atoms with Gasteiger partial charge in [-0.05, 0) is 23.8 Å². The molecule has 6 heteroatoms. The van der Waals surface area contributed by atoms with Crippen LogP contribution in [0.5, 0.6) is 0 Å². The Morgan fingerprint density at radius 2 is 1.94 bits per heavy atom. The molecule has 0 aliphatic heterocycles. The Labute approximate surface area is 87.8 Å². The van der Waals surface area contributed by atoms with E-state index in [-0.39, 0.29) is 0 Å². The second-order valence-corrected chi connectivity index (χ2v) is 2.90. The Bertz CT molecular complexity index is 435. The van der Waals surface area contributed by atoms with Crippen LogP contribution in [-0.2, 0) is 11.0 Å². The Kier molecular flexibility index (Phi) is 3.31. The zero-order chi connectivity index (χ0) is 12.3. The molecular weight excluding hydrogens is 228 g/mol. The molecule has 0 atom stereocenters. The Morgan fingerprint density at radius 1 is 1.31 bits per heavy atom. The summed E-state index contributed by atoms with van der Waals surface area (Å²) in [6.07, 6.45) is -3.40. The number of carboxylic acids is 1. The molecule has 1 N–H and O–H groups in total. The fourth-order valence-electron chi connectivity index (χ4n) is 1.08. The van der Waals surface area contributed by atoms with E-state index in [1.165, 1.54) is 0 Å². The summed E-state index contributed by atoms with van der Waals surface area (Å²) in [5.74, 6) is -2.41. The molecular formula is C10H6F4O2. The van der Waals surface area contributed by atoms with E-state index in [1.807, 2.05) is 0 Å². The van der Waals surface area contributed by atoms with Gasteiger partial charge in [0.1, 0.15) is 5.82 Å². The van der Waals surface area contributed by atoms with E-state index in [9.17, 15) is 22.4 Å². The zero-order valence-corrected chi connectivity index (χ0v) is 7.75. The first-order valence-corrected chi connectivity index (χ1v) is 4.08. The van der Waals surface area contributed by atoms with Gasteiger partial charge in [-0.2, -0.15) is 13.2 Å². The lowest BCUT2D eigenvalue weighted by atomic mass is 10.1. The van der Waals surface area contributed by atoms with Crippen molar-refractivity contribution in [3.05, 3.63) is 41.2 Å². The van der Waals surface area contributed by atoms with Crippen molar-refractivity contribution < 1.29 is 27.5 Å². The van der Waals surface area contributed by atoms with Crippen molar-refractivity contribution in [1.82, 2.24) is 0 Å². The first-order valence-electron chi connectivity index (χ1n) is 4.08. The van der Waals surface area contributed by atoms with Crippen LogP contribution in [0.3, 0.4) is 0 Å².